The van der Waals surface area contributed by atoms with Crippen molar-refractivity contribution >= 4 is 24.5 Å². The summed E-state index contributed by atoms with van der Waals surface area (Å²) in [7, 11) is 0.993. The molecule has 0 amide bonds. The van der Waals surface area contributed by atoms with Crippen LogP contribution in [0.15, 0.2) is 24.3 Å². The summed E-state index contributed by atoms with van der Waals surface area (Å²) < 4.78 is 0. The minimum absolute atomic E-state index is 0.570. The third kappa shape index (κ3) is 3.88. The normalized spacial score (nSPS) is 11.5. The molecule has 0 saturated heterocycles. The molecule has 0 saturated carbocycles. The van der Waals surface area contributed by atoms with Gasteiger partial charge in [0.05, 0.1) is 0 Å². The van der Waals surface area contributed by atoms with Gasteiger partial charge in [-0.2, -0.15) is 0 Å². The maximum atomic E-state index is 5.86. The molecule has 3 heteroatoms. The monoisotopic (exact) mass is 223 g/mol. The quantitative estimate of drug-likeness (QED) is 0.709. The highest BCUT2D eigenvalue weighted by molar-refractivity contribution is 6.50. The van der Waals surface area contributed by atoms with E-state index in [1.165, 1.54) is 5.46 Å². The first-order valence-electron chi connectivity index (χ1n) is 5.51. The second kappa shape index (κ2) is 5.57. The first-order valence-corrected chi connectivity index (χ1v) is 5.88. The molecule has 0 unspecified atom stereocenters. The molecule has 0 aromatic heterocycles. The Labute approximate surface area is 98.7 Å². The molecule has 82 valence electrons. The zero-order valence-corrected chi connectivity index (χ0v) is 10.8. The second-order valence-corrected chi connectivity index (χ2v) is 4.92. The van der Waals surface area contributed by atoms with Crippen LogP contribution in [0, 0.1) is 0 Å². The Morgan fingerprint density at radius 3 is 1.87 bits per heavy atom. The summed E-state index contributed by atoms with van der Waals surface area (Å²) in [5.74, 6) is 0. The molecule has 1 aromatic rings. The lowest BCUT2D eigenvalue weighted by atomic mass is 9.78. The van der Waals surface area contributed by atoms with Crippen LogP contribution in [0.4, 0.5) is 0 Å². The highest BCUT2D eigenvalue weighted by Gasteiger charge is 2.14. The second-order valence-electron chi connectivity index (χ2n) is 4.49. The molecule has 0 fully saturated rings. The minimum atomic E-state index is 0.570. The predicted octanol–water partition coefficient (Wildman–Crippen LogP) is 2.44. The van der Waals surface area contributed by atoms with Gasteiger partial charge >= 0.3 is 0 Å². The van der Waals surface area contributed by atoms with E-state index < -0.39 is 0 Å². The van der Waals surface area contributed by atoms with Crippen molar-refractivity contribution in [3.63, 3.8) is 0 Å². The number of hydrogen-bond donors (Lipinski definition) is 0. The van der Waals surface area contributed by atoms with Gasteiger partial charge in [0.15, 0.2) is 0 Å². The minimum Gasteiger partial charge on any atom is -0.337 e. The van der Waals surface area contributed by atoms with Gasteiger partial charge in [0, 0.05) is 5.02 Å². The summed E-state index contributed by atoms with van der Waals surface area (Å²) >= 11 is 5.86. The molecular formula is C12H19BClN. The molecule has 0 aliphatic carbocycles. The van der Waals surface area contributed by atoms with Gasteiger partial charge < -0.3 is 4.81 Å². The summed E-state index contributed by atoms with van der Waals surface area (Å²) in [6.07, 6.45) is 0. The lowest BCUT2D eigenvalue weighted by Gasteiger charge is -2.30. The summed E-state index contributed by atoms with van der Waals surface area (Å²) in [6.45, 7) is 8.93. The van der Waals surface area contributed by atoms with Crippen molar-refractivity contribution in [1.82, 2.24) is 4.81 Å². The zero-order valence-electron chi connectivity index (χ0n) is 10.00. The van der Waals surface area contributed by atoms with E-state index in [-0.39, 0.29) is 0 Å². The van der Waals surface area contributed by atoms with E-state index in [9.17, 15) is 0 Å². The lowest BCUT2D eigenvalue weighted by Crippen LogP contribution is -2.44. The largest absolute Gasteiger partial charge is 0.337 e. The number of nitrogens with zero attached hydrogens (tertiary/aromatic N) is 1. The van der Waals surface area contributed by atoms with Gasteiger partial charge in [-0.1, -0.05) is 56.9 Å². The van der Waals surface area contributed by atoms with E-state index in [1.807, 2.05) is 12.1 Å². The van der Waals surface area contributed by atoms with Gasteiger partial charge in [0.1, 0.15) is 0 Å². The van der Waals surface area contributed by atoms with Crippen molar-refractivity contribution in [2.75, 3.05) is 0 Å². The molecule has 0 aliphatic heterocycles. The molecule has 0 heterocycles. The highest BCUT2D eigenvalue weighted by atomic mass is 35.5. The average Bonchev–Trinajstić information content (AvgIpc) is 2.15. The van der Waals surface area contributed by atoms with Gasteiger partial charge in [0.25, 0.3) is 0 Å². The average molecular weight is 224 g/mol. The maximum Gasteiger partial charge on any atom is 0.239 e. The summed E-state index contributed by atoms with van der Waals surface area (Å²) in [6, 6.07) is 9.24. The van der Waals surface area contributed by atoms with Gasteiger partial charge in [-0.3, -0.25) is 0 Å². The topological polar surface area (TPSA) is 3.24 Å². The van der Waals surface area contributed by atoms with E-state index in [4.69, 9.17) is 11.6 Å². The molecule has 0 bridgehead atoms. The van der Waals surface area contributed by atoms with E-state index in [0.717, 1.165) is 12.4 Å². The fraction of sp³-hybridized carbons (Fsp3) is 0.500. The van der Waals surface area contributed by atoms with Crippen LogP contribution in [0.1, 0.15) is 27.7 Å². The fourth-order valence-electron chi connectivity index (χ4n) is 1.76. The Morgan fingerprint density at radius 2 is 1.47 bits per heavy atom. The van der Waals surface area contributed by atoms with Gasteiger partial charge in [0.2, 0.25) is 7.41 Å². The van der Waals surface area contributed by atoms with Crippen LogP contribution in [-0.4, -0.2) is 24.3 Å². The standard InChI is InChI=1S/C12H19BClN/c1-9(2)15(10(3)4)13-11-5-7-12(14)8-6-11/h5-10,13H,1-4H3. The van der Waals surface area contributed by atoms with Crippen LogP contribution in [-0.2, 0) is 0 Å². The van der Waals surface area contributed by atoms with Gasteiger partial charge in [-0.15, -0.1) is 0 Å². The Bertz CT molecular complexity index is 287. The Morgan fingerprint density at radius 1 is 1.00 bits per heavy atom. The maximum absolute atomic E-state index is 5.86. The summed E-state index contributed by atoms with van der Waals surface area (Å²) in [4.78, 5) is 2.46. The molecule has 1 aromatic carbocycles. The molecule has 0 spiro atoms. The number of benzene rings is 1. The molecule has 15 heavy (non-hydrogen) atoms. The molecule has 0 radical (unpaired) electrons. The van der Waals surface area contributed by atoms with Crippen LogP contribution in [0.3, 0.4) is 0 Å². The number of halogens is 1. The van der Waals surface area contributed by atoms with E-state index in [2.05, 4.69) is 44.6 Å². The summed E-state index contributed by atoms with van der Waals surface area (Å²) in [5.41, 5.74) is 1.32. The molecular weight excluding hydrogens is 204 g/mol. The number of rotatable bonds is 4. The summed E-state index contributed by atoms with van der Waals surface area (Å²) in [5, 5.41) is 0.805. The third-order valence-electron chi connectivity index (χ3n) is 2.60. The fourth-order valence-corrected chi connectivity index (χ4v) is 1.89. The van der Waals surface area contributed by atoms with Crippen LogP contribution in [0.2, 0.25) is 5.02 Å². The van der Waals surface area contributed by atoms with E-state index in [1.54, 1.807) is 0 Å². The smallest absolute Gasteiger partial charge is 0.239 e. The van der Waals surface area contributed by atoms with Crippen molar-refractivity contribution in [2.24, 2.45) is 0 Å². The van der Waals surface area contributed by atoms with Gasteiger partial charge in [-0.05, 0) is 24.2 Å². The van der Waals surface area contributed by atoms with E-state index in [0.29, 0.717) is 12.1 Å². The van der Waals surface area contributed by atoms with Crippen LogP contribution in [0.5, 0.6) is 0 Å². The van der Waals surface area contributed by atoms with Crippen molar-refractivity contribution < 1.29 is 0 Å². The highest BCUT2D eigenvalue weighted by Crippen LogP contribution is 2.06. The van der Waals surface area contributed by atoms with Crippen molar-refractivity contribution in [3.8, 4) is 0 Å². The molecule has 0 N–H and O–H groups in total. The van der Waals surface area contributed by atoms with Crippen LogP contribution >= 0.6 is 11.6 Å². The lowest BCUT2D eigenvalue weighted by molar-refractivity contribution is 0.315. The first-order chi connectivity index (χ1) is 7.00. The zero-order chi connectivity index (χ0) is 11.4. The van der Waals surface area contributed by atoms with Crippen molar-refractivity contribution in [2.45, 2.75) is 39.8 Å². The predicted molar refractivity (Wildman–Crippen MR) is 70.3 cm³/mol. The molecule has 1 rings (SSSR count). The Hall–Kier alpha value is -0.465. The van der Waals surface area contributed by atoms with Crippen LogP contribution in [0.25, 0.3) is 0 Å². The molecule has 1 nitrogen and oxygen atoms in total. The Balaban J connectivity index is 2.70. The Kier molecular flexibility index (Phi) is 4.68. The molecule has 0 atom stereocenters. The first kappa shape index (κ1) is 12.6. The SMILES string of the molecule is CC(C)N(Bc1ccc(Cl)cc1)C(C)C. The number of hydrogen-bond acceptors (Lipinski definition) is 1. The molecule has 0 aliphatic rings. The van der Waals surface area contributed by atoms with Crippen LogP contribution < -0.4 is 5.46 Å². The van der Waals surface area contributed by atoms with Crippen molar-refractivity contribution in [3.05, 3.63) is 29.3 Å². The van der Waals surface area contributed by atoms with Gasteiger partial charge in [-0.25, -0.2) is 0 Å². The van der Waals surface area contributed by atoms with E-state index >= 15 is 0 Å². The third-order valence-corrected chi connectivity index (χ3v) is 2.86. The van der Waals surface area contributed by atoms with Crippen molar-refractivity contribution in [1.29, 1.82) is 0 Å².